The number of H-pyrrole nitrogens is 1. The second-order valence-electron chi connectivity index (χ2n) is 7.47. The number of fused-ring (bicyclic) bond motifs is 2. The van der Waals surface area contributed by atoms with E-state index in [4.69, 9.17) is 4.98 Å². The van der Waals surface area contributed by atoms with Crippen LogP contribution in [0.4, 0.5) is 5.69 Å². The summed E-state index contributed by atoms with van der Waals surface area (Å²) in [5, 5.41) is 2.23. The van der Waals surface area contributed by atoms with Gasteiger partial charge in [0.25, 0.3) is 0 Å². The van der Waals surface area contributed by atoms with E-state index in [-0.39, 0.29) is 0 Å². The summed E-state index contributed by atoms with van der Waals surface area (Å²) in [7, 11) is 0. The maximum Gasteiger partial charge on any atom is 0.178 e. The first kappa shape index (κ1) is 17.4. The lowest BCUT2D eigenvalue weighted by Gasteiger charge is -2.39. The van der Waals surface area contributed by atoms with Gasteiger partial charge in [0, 0.05) is 47.7 Å². The molecule has 0 amide bonds. The number of hydrogen-bond acceptors (Lipinski definition) is 6. The van der Waals surface area contributed by atoms with Crippen molar-refractivity contribution < 1.29 is 0 Å². The van der Waals surface area contributed by atoms with Crippen LogP contribution in [0.25, 0.3) is 22.2 Å². The number of nitrogens with one attached hydrogen (secondary N) is 1. The van der Waals surface area contributed by atoms with Gasteiger partial charge in [-0.1, -0.05) is 25.6 Å². The third kappa shape index (κ3) is 2.90. The lowest BCUT2D eigenvalue weighted by Crippen LogP contribution is -2.45. The lowest BCUT2D eigenvalue weighted by molar-refractivity contribution is 0.448. The van der Waals surface area contributed by atoms with Crippen molar-refractivity contribution in [1.82, 2.24) is 24.9 Å². The molecule has 28 heavy (non-hydrogen) atoms. The molecule has 1 aliphatic heterocycles. The molecule has 1 fully saturated rings. The Hall–Kier alpha value is -2.67. The SMILES string of the molecule is CCc1[nH]c2nc(Sc3cnc4nccnc4c3)cc(N3CC(C)C3)c2c1C. The van der Waals surface area contributed by atoms with E-state index in [1.807, 2.05) is 12.3 Å². The average Bonchev–Trinajstić information content (AvgIpc) is 3.00. The molecule has 0 saturated carbocycles. The molecule has 0 aromatic carbocycles. The molecule has 1 aliphatic rings. The van der Waals surface area contributed by atoms with Gasteiger partial charge in [-0.2, -0.15) is 0 Å². The highest BCUT2D eigenvalue weighted by atomic mass is 32.2. The van der Waals surface area contributed by atoms with Crippen molar-refractivity contribution >= 4 is 39.6 Å². The van der Waals surface area contributed by atoms with Crippen molar-refractivity contribution in [2.75, 3.05) is 18.0 Å². The minimum Gasteiger partial charge on any atom is -0.370 e. The van der Waals surface area contributed by atoms with Crippen LogP contribution in [0.3, 0.4) is 0 Å². The van der Waals surface area contributed by atoms with Crippen LogP contribution < -0.4 is 4.90 Å². The molecular formula is C21H22N6S. The van der Waals surface area contributed by atoms with Crippen LogP contribution in [-0.2, 0) is 6.42 Å². The van der Waals surface area contributed by atoms with Crippen LogP contribution in [0.2, 0.25) is 0 Å². The summed E-state index contributed by atoms with van der Waals surface area (Å²) in [4.78, 5) is 25.0. The molecule has 0 bridgehead atoms. The van der Waals surface area contributed by atoms with Gasteiger partial charge in [0.2, 0.25) is 0 Å². The maximum absolute atomic E-state index is 4.92. The Labute approximate surface area is 167 Å². The predicted octanol–water partition coefficient (Wildman–Crippen LogP) is 4.38. The number of hydrogen-bond donors (Lipinski definition) is 1. The van der Waals surface area contributed by atoms with Gasteiger partial charge in [-0.3, -0.25) is 4.98 Å². The lowest BCUT2D eigenvalue weighted by atomic mass is 10.0. The number of aromatic nitrogens is 5. The number of pyridine rings is 2. The number of aryl methyl sites for hydroxylation is 2. The summed E-state index contributed by atoms with van der Waals surface area (Å²) < 4.78 is 0. The summed E-state index contributed by atoms with van der Waals surface area (Å²) in [6, 6.07) is 4.24. The molecule has 0 spiro atoms. The topological polar surface area (TPSA) is 70.6 Å². The molecule has 0 atom stereocenters. The fraction of sp³-hybridized carbons (Fsp3) is 0.333. The summed E-state index contributed by atoms with van der Waals surface area (Å²) in [5.41, 5.74) is 6.31. The van der Waals surface area contributed by atoms with Crippen LogP contribution in [0, 0.1) is 12.8 Å². The van der Waals surface area contributed by atoms with E-state index in [0.29, 0.717) is 5.65 Å². The Morgan fingerprint density at radius 2 is 2.00 bits per heavy atom. The summed E-state index contributed by atoms with van der Waals surface area (Å²) in [6.07, 6.45) is 6.18. The molecule has 1 saturated heterocycles. The Bertz CT molecular complexity index is 1180. The van der Waals surface area contributed by atoms with Crippen molar-refractivity contribution in [2.45, 2.75) is 37.1 Å². The normalized spacial score (nSPS) is 14.8. The second kappa shape index (κ2) is 6.74. The van der Waals surface area contributed by atoms with E-state index < -0.39 is 0 Å². The molecule has 5 rings (SSSR count). The van der Waals surface area contributed by atoms with Crippen LogP contribution in [0.1, 0.15) is 25.1 Å². The standard InChI is InChI=1S/C21H22N6S/c1-4-15-13(3)19-17(27-10-12(2)11-27)8-18(26-21(19)25-15)28-14-7-16-20(24-9-14)23-6-5-22-16/h5-9,12H,4,10-11H2,1-3H3,(H,25,26). The first-order valence-electron chi connectivity index (χ1n) is 9.64. The Morgan fingerprint density at radius 1 is 1.18 bits per heavy atom. The molecule has 4 aromatic rings. The van der Waals surface area contributed by atoms with Crippen molar-refractivity contribution in [1.29, 1.82) is 0 Å². The van der Waals surface area contributed by atoms with Crippen LogP contribution in [0.15, 0.2) is 40.6 Å². The third-order valence-electron chi connectivity index (χ3n) is 5.35. The number of aromatic amines is 1. The van der Waals surface area contributed by atoms with Gasteiger partial charge < -0.3 is 9.88 Å². The van der Waals surface area contributed by atoms with Gasteiger partial charge in [-0.05, 0) is 37.0 Å². The smallest absolute Gasteiger partial charge is 0.178 e. The van der Waals surface area contributed by atoms with Crippen LogP contribution in [-0.4, -0.2) is 38.0 Å². The molecule has 0 unspecified atom stereocenters. The first-order chi connectivity index (χ1) is 13.6. The first-order valence-corrected chi connectivity index (χ1v) is 10.5. The molecule has 142 valence electrons. The van der Waals surface area contributed by atoms with Gasteiger partial charge in [-0.15, -0.1) is 0 Å². The molecular weight excluding hydrogens is 368 g/mol. The van der Waals surface area contributed by atoms with Gasteiger partial charge >= 0.3 is 0 Å². The number of anilines is 1. The zero-order valence-electron chi connectivity index (χ0n) is 16.2. The van der Waals surface area contributed by atoms with E-state index in [2.05, 4.69) is 51.7 Å². The zero-order chi connectivity index (χ0) is 19.3. The van der Waals surface area contributed by atoms with Gasteiger partial charge in [0.1, 0.15) is 16.2 Å². The Kier molecular flexibility index (Phi) is 4.19. The van der Waals surface area contributed by atoms with E-state index >= 15 is 0 Å². The Morgan fingerprint density at radius 3 is 2.79 bits per heavy atom. The summed E-state index contributed by atoms with van der Waals surface area (Å²) in [5.74, 6) is 0.743. The van der Waals surface area contributed by atoms with Crippen molar-refractivity contribution in [2.24, 2.45) is 5.92 Å². The fourth-order valence-electron chi connectivity index (χ4n) is 3.92. The summed E-state index contributed by atoms with van der Waals surface area (Å²) in [6.45, 7) is 8.88. The van der Waals surface area contributed by atoms with E-state index in [1.54, 1.807) is 24.2 Å². The highest BCUT2D eigenvalue weighted by Gasteiger charge is 2.26. The number of nitrogens with zero attached hydrogens (tertiary/aromatic N) is 5. The van der Waals surface area contributed by atoms with E-state index in [9.17, 15) is 0 Å². The highest BCUT2D eigenvalue weighted by Crippen LogP contribution is 2.38. The fourth-order valence-corrected chi connectivity index (χ4v) is 4.75. The number of rotatable bonds is 4. The maximum atomic E-state index is 4.92. The second-order valence-corrected chi connectivity index (χ2v) is 8.56. The molecule has 1 N–H and O–H groups in total. The van der Waals surface area contributed by atoms with E-state index in [0.717, 1.165) is 46.5 Å². The predicted molar refractivity (Wildman–Crippen MR) is 113 cm³/mol. The molecule has 5 heterocycles. The molecule has 4 aromatic heterocycles. The minimum atomic E-state index is 0.665. The van der Waals surface area contributed by atoms with E-state index in [1.165, 1.54) is 22.3 Å². The van der Waals surface area contributed by atoms with Gasteiger partial charge in [0.15, 0.2) is 5.65 Å². The third-order valence-corrected chi connectivity index (χ3v) is 6.23. The molecule has 6 nitrogen and oxygen atoms in total. The van der Waals surface area contributed by atoms with Gasteiger partial charge in [-0.25, -0.2) is 15.0 Å². The molecule has 7 heteroatoms. The van der Waals surface area contributed by atoms with Crippen LogP contribution >= 0.6 is 11.8 Å². The monoisotopic (exact) mass is 390 g/mol. The highest BCUT2D eigenvalue weighted by molar-refractivity contribution is 7.99. The van der Waals surface area contributed by atoms with Crippen molar-refractivity contribution in [3.63, 3.8) is 0 Å². The Balaban J connectivity index is 1.58. The molecule has 0 aliphatic carbocycles. The molecule has 0 radical (unpaired) electrons. The average molecular weight is 391 g/mol. The van der Waals surface area contributed by atoms with Gasteiger partial charge in [0.05, 0.1) is 5.69 Å². The van der Waals surface area contributed by atoms with Crippen molar-refractivity contribution in [3.8, 4) is 0 Å². The minimum absolute atomic E-state index is 0.665. The van der Waals surface area contributed by atoms with Crippen LogP contribution in [0.5, 0.6) is 0 Å². The zero-order valence-corrected chi connectivity index (χ0v) is 17.0. The largest absolute Gasteiger partial charge is 0.370 e. The quantitative estimate of drug-likeness (QED) is 0.558. The van der Waals surface area contributed by atoms with Crippen molar-refractivity contribution in [3.05, 3.63) is 42.0 Å². The summed E-state index contributed by atoms with van der Waals surface area (Å²) >= 11 is 1.62.